The van der Waals surface area contributed by atoms with Crippen LogP contribution in [0.2, 0.25) is 0 Å². The van der Waals surface area contributed by atoms with Crippen LogP contribution in [0.3, 0.4) is 0 Å². The second-order valence-electron chi connectivity index (χ2n) is 5.50. The number of aryl methyl sites for hydroxylation is 2. The quantitative estimate of drug-likeness (QED) is 0.803. The molecule has 6 heteroatoms. The summed E-state index contributed by atoms with van der Waals surface area (Å²) in [7, 11) is 1.70. The lowest BCUT2D eigenvalue weighted by Crippen LogP contribution is -2.31. The molecule has 0 bridgehead atoms. The van der Waals surface area contributed by atoms with Crippen LogP contribution in [0.1, 0.15) is 35.5 Å². The van der Waals surface area contributed by atoms with Crippen LogP contribution in [0.4, 0.5) is 4.39 Å². The minimum atomic E-state index is -0.302. The maximum absolute atomic E-state index is 13.8. The molecule has 0 saturated carbocycles. The first-order valence-corrected chi connectivity index (χ1v) is 8.56. The summed E-state index contributed by atoms with van der Waals surface area (Å²) in [6.45, 7) is 5.58. The number of hydrogen-bond acceptors (Lipinski definition) is 4. The van der Waals surface area contributed by atoms with Crippen LogP contribution in [0, 0.1) is 19.7 Å². The molecule has 1 aromatic carbocycles. The predicted octanol–water partition coefficient (Wildman–Crippen LogP) is 3.88. The molecule has 0 aliphatic carbocycles. The molecule has 1 atom stereocenters. The Morgan fingerprint density at radius 2 is 2.09 bits per heavy atom. The minimum Gasteiger partial charge on any atom is -0.361 e. The Morgan fingerprint density at radius 1 is 1.39 bits per heavy atom. The molecular weight excluding hydrogens is 315 g/mol. The molecule has 0 fully saturated rings. The molecule has 1 heterocycles. The van der Waals surface area contributed by atoms with Crippen LogP contribution in [-0.2, 0) is 10.5 Å². The van der Waals surface area contributed by atoms with E-state index in [0.717, 1.165) is 17.0 Å². The van der Waals surface area contributed by atoms with Gasteiger partial charge in [0, 0.05) is 23.9 Å². The van der Waals surface area contributed by atoms with Crippen molar-refractivity contribution in [1.29, 1.82) is 0 Å². The fourth-order valence-corrected chi connectivity index (χ4v) is 3.39. The third-order valence-electron chi connectivity index (χ3n) is 3.98. The summed E-state index contributed by atoms with van der Waals surface area (Å²) >= 11 is 1.51. The van der Waals surface area contributed by atoms with E-state index in [-0.39, 0.29) is 17.8 Å². The molecule has 1 unspecified atom stereocenters. The summed E-state index contributed by atoms with van der Waals surface area (Å²) in [5.41, 5.74) is 2.42. The summed E-state index contributed by atoms with van der Waals surface area (Å²) in [6.07, 6.45) is 0. The van der Waals surface area contributed by atoms with Crippen LogP contribution in [-0.4, -0.2) is 28.8 Å². The summed E-state index contributed by atoms with van der Waals surface area (Å²) in [4.78, 5) is 13.9. The maximum atomic E-state index is 13.8. The van der Waals surface area contributed by atoms with Crippen molar-refractivity contribution in [3.05, 3.63) is 52.7 Å². The smallest absolute Gasteiger partial charge is 0.232 e. The molecule has 0 aliphatic rings. The van der Waals surface area contributed by atoms with Crippen molar-refractivity contribution < 1.29 is 13.7 Å². The van der Waals surface area contributed by atoms with Crippen LogP contribution in [0.15, 0.2) is 28.8 Å². The Morgan fingerprint density at radius 3 is 2.70 bits per heavy atom. The van der Waals surface area contributed by atoms with Gasteiger partial charge in [-0.15, -0.1) is 11.8 Å². The van der Waals surface area contributed by atoms with Gasteiger partial charge < -0.3 is 9.42 Å². The molecule has 0 aliphatic heterocycles. The molecule has 0 radical (unpaired) electrons. The largest absolute Gasteiger partial charge is 0.361 e. The van der Waals surface area contributed by atoms with Crippen molar-refractivity contribution in [2.24, 2.45) is 0 Å². The highest BCUT2D eigenvalue weighted by atomic mass is 32.2. The Balaban J connectivity index is 1.91. The first-order chi connectivity index (χ1) is 10.9. The summed E-state index contributed by atoms with van der Waals surface area (Å²) < 4.78 is 18.9. The molecule has 0 spiro atoms. The van der Waals surface area contributed by atoms with Crippen molar-refractivity contribution in [3.63, 3.8) is 0 Å². The second-order valence-corrected chi connectivity index (χ2v) is 6.48. The lowest BCUT2D eigenvalue weighted by atomic mass is 10.1. The van der Waals surface area contributed by atoms with E-state index in [1.54, 1.807) is 30.1 Å². The van der Waals surface area contributed by atoms with Gasteiger partial charge in [-0.25, -0.2) is 4.39 Å². The average Bonchev–Trinajstić information content (AvgIpc) is 2.85. The number of nitrogens with zero attached hydrogens (tertiary/aromatic N) is 2. The standard InChI is InChI=1S/C17H21FN2O2S/c1-11-15(13(3)22-19-11)9-23-10-17(21)20(4)12(2)14-7-5-6-8-16(14)18/h5-8,12H,9-10H2,1-4H3. The first kappa shape index (κ1) is 17.5. The van der Waals surface area contributed by atoms with E-state index in [1.165, 1.54) is 17.8 Å². The zero-order valence-corrected chi connectivity index (χ0v) is 14.6. The number of rotatable bonds is 6. The fourth-order valence-electron chi connectivity index (χ4n) is 2.29. The van der Waals surface area contributed by atoms with Gasteiger partial charge in [-0.1, -0.05) is 23.4 Å². The highest BCUT2D eigenvalue weighted by Gasteiger charge is 2.20. The number of thioether (sulfide) groups is 1. The van der Waals surface area contributed by atoms with Gasteiger partial charge in [0.05, 0.1) is 17.5 Å². The van der Waals surface area contributed by atoms with Gasteiger partial charge in [-0.05, 0) is 26.8 Å². The predicted molar refractivity (Wildman–Crippen MR) is 89.7 cm³/mol. The minimum absolute atomic E-state index is 0.0301. The van der Waals surface area contributed by atoms with Crippen LogP contribution in [0.25, 0.3) is 0 Å². The van der Waals surface area contributed by atoms with E-state index in [1.807, 2.05) is 20.8 Å². The number of carbonyl (C=O) groups excluding carboxylic acids is 1. The zero-order valence-electron chi connectivity index (χ0n) is 13.8. The third kappa shape index (κ3) is 4.13. The Bertz CT molecular complexity index is 667. The van der Waals surface area contributed by atoms with Gasteiger partial charge in [0.2, 0.25) is 5.91 Å². The van der Waals surface area contributed by atoms with E-state index < -0.39 is 0 Å². The fraction of sp³-hybridized carbons (Fsp3) is 0.412. The van der Waals surface area contributed by atoms with Gasteiger partial charge in [0.15, 0.2) is 0 Å². The third-order valence-corrected chi connectivity index (χ3v) is 4.93. The van der Waals surface area contributed by atoms with Crippen LogP contribution < -0.4 is 0 Å². The highest BCUT2D eigenvalue weighted by Crippen LogP contribution is 2.24. The molecule has 0 N–H and O–H groups in total. The highest BCUT2D eigenvalue weighted by molar-refractivity contribution is 7.99. The topological polar surface area (TPSA) is 46.3 Å². The normalized spacial score (nSPS) is 12.2. The zero-order chi connectivity index (χ0) is 17.0. The van der Waals surface area contributed by atoms with E-state index in [4.69, 9.17) is 4.52 Å². The summed E-state index contributed by atoms with van der Waals surface area (Å²) in [6, 6.07) is 6.24. The van der Waals surface area contributed by atoms with Crippen molar-refractivity contribution in [2.45, 2.75) is 32.6 Å². The molecule has 1 aromatic heterocycles. The Labute approximate surface area is 140 Å². The van der Waals surface area contributed by atoms with E-state index in [9.17, 15) is 9.18 Å². The van der Waals surface area contributed by atoms with E-state index >= 15 is 0 Å². The molecule has 1 amide bonds. The maximum Gasteiger partial charge on any atom is 0.232 e. The first-order valence-electron chi connectivity index (χ1n) is 7.41. The Hall–Kier alpha value is -1.82. The molecule has 4 nitrogen and oxygen atoms in total. The average molecular weight is 336 g/mol. The summed E-state index contributed by atoms with van der Waals surface area (Å²) in [5, 5.41) is 3.90. The number of aromatic nitrogens is 1. The van der Waals surface area contributed by atoms with Gasteiger partial charge in [-0.2, -0.15) is 0 Å². The van der Waals surface area contributed by atoms with Gasteiger partial charge in [0.25, 0.3) is 0 Å². The second kappa shape index (κ2) is 7.64. The summed E-state index contributed by atoms with van der Waals surface area (Å²) in [5.74, 6) is 1.48. The van der Waals surface area contributed by atoms with Crippen LogP contribution in [0.5, 0.6) is 0 Å². The van der Waals surface area contributed by atoms with Gasteiger partial charge in [-0.3, -0.25) is 4.79 Å². The van der Waals surface area contributed by atoms with Crippen LogP contribution >= 0.6 is 11.8 Å². The van der Waals surface area contributed by atoms with E-state index in [2.05, 4.69) is 5.16 Å². The molecular formula is C17H21FN2O2S. The molecule has 23 heavy (non-hydrogen) atoms. The monoisotopic (exact) mass is 336 g/mol. The van der Waals surface area contributed by atoms with Crippen molar-refractivity contribution in [2.75, 3.05) is 12.8 Å². The van der Waals surface area contributed by atoms with Crippen molar-refractivity contribution in [1.82, 2.24) is 10.1 Å². The van der Waals surface area contributed by atoms with Crippen molar-refractivity contribution in [3.8, 4) is 0 Å². The number of halogens is 1. The Kier molecular flexibility index (Phi) is 5.82. The molecule has 2 aromatic rings. The molecule has 2 rings (SSSR count). The number of hydrogen-bond donors (Lipinski definition) is 0. The SMILES string of the molecule is Cc1noc(C)c1CSCC(=O)N(C)C(C)c1ccccc1F. The number of carbonyl (C=O) groups is 1. The number of benzene rings is 1. The lowest BCUT2D eigenvalue weighted by Gasteiger charge is -2.25. The molecule has 124 valence electrons. The molecule has 0 saturated heterocycles. The van der Waals surface area contributed by atoms with E-state index in [0.29, 0.717) is 17.1 Å². The van der Waals surface area contributed by atoms with Gasteiger partial charge >= 0.3 is 0 Å². The van der Waals surface area contributed by atoms with Gasteiger partial charge in [0.1, 0.15) is 11.6 Å². The van der Waals surface area contributed by atoms with Crippen molar-refractivity contribution >= 4 is 17.7 Å². The lowest BCUT2D eigenvalue weighted by molar-refractivity contribution is -0.128. The number of amides is 1.